The Morgan fingerprint density at radius 1 is 1.04 bits per heavy atom. The normalized spacial score (nSPS) is 19.9. The third kappa shape index (κ3) is 3.05. The lowest BCUT2D eigenvalue weighted by molar-refractivity contribution is 0.575. The summed E-state index contributed by atoms with van der Waals surface area (Å²) in [4.78, 5) is 9.39. The topological polar surface area (TPSA) is 28.2 Å². The molecule has 25 heavy (non-hydrogen) atoms. The molecule has 3 aromatic rings. The molecule has 0 radical (unpaired) electrons. The molecule has 1 aromatic carbocycles. The molecule has 3 nitrogen and oxygen atoms in total. The summed E-state index contributed by atoms with van der Waals surface area (Å²) < 4.78 is 0. The van der Waals surface area contributed by atoms with Crippen molar-refractivity contribution in [3.05, 3.63) is 81.8 Å². The number of hydrogen-bond donors (Lipinski definition) is 1. The largest absolute Gasteiger partial charge is 0.351 e. The van der Waals surface area contributed by atoms with Crippen LogP contribution in [0.15, 0.2) is 60.8 Å². The minimum absolute atomic E-state index is 0.0352. The maximum absolute atomic E-state index is 5.71. The predicted octanol–water partition coefficient (Wildman–Crippen LogP) is 4.94. The highest BCUT2D eigenvalue weighted by Gasteiger charge is 2.41. The molecule has 0 aliphatic carbocycles. The van der Waals surface area contributed by atoms with Crippen LogP contribution < -0.4 is 10.2 Å². The molecule has 4 rings (SSSR count). The number of thiocarbonyl (C=S) groups is 1. The SMILES string of the molecule is Cc1ccc(N2C(=S)N[C@H](c3ccccn3)[C@@H]2c2ccc(C)s2)cc1. The fraction of sp³-hybridized carbons (Fsp3) is 0.200. The van der Waals surface area contributed by atoms with E-state index in [1.54, 1.807) is 0 Å². The maximum Gasteiger partial charge on any atom is 0.174 e. The van der Waals surface area contributed by atoms with Crippen LogP contribution in [-0.4, -0.2) is 10.1 Å². The van der Waals surface area contributed by atoms with Crippen molar-refractivity contribution in [2.75, 3.05) is 4.90 Å². The van der Waals surface area contributed by atoms with Crippen molar-refractivity contribution in [2.24, 2.45) is 0 Å². The number of thiophene rings is 1. The van der Waals surface area contributed by atoms with Gasteiger partial charge in [0.1, 0.15) is 0 Å². The van der Waals surface area contributed by atoms with Crippen molar-refractivity contribution in [1.82, 2.24) is 10.3 Å². The summed E-state index contributed by atoms with van der Waals surface area (Å²) >= 11 is 7.53. The zero-order valence-corrected chi connectivity index (χ0v) is 15.8. The van der Waals surface area contributed by atoms with Crippen LogP contribution >= 0.6 is 23.6 Å². The van der Waals surface area contributed by atoms with E-state index < -0.39 is 0 Å². The van der Waals surface area contributed by atoms with E-state index in [0.29, 0.717) is 0 Å². The second-order valence-corrected chi connectivity index (χ2v) is 7.99. The Balaban J connectivity index is 1.81. The van der Waals surface area contributed by atoms with Gasteiger partial charge in [0, 0.05) is 21.6 Å². The Labute approximate surface area is 157 Å². The molecule has 1 fully saturated rings. The molecule has 1 saturated heterocycles. The molecule has 5 heteroatoms. The zero-order valence-electron chi connectivity index (χ0n) is 14.1. The Kier molecular flexibility index (Phi) is 4.27. The number of pyridine rings is 1. The van der Waals surface area contributed by atoms with Gasteiger partial charge in [0.2, 0.25) is 0 Å². The monoisotopic (exact) mass is 365 g/mol. The molecule has 1 N–H and O–H groups in total. The number of rotatable bonds is 3. The van der Waals surface area contributed by atoms with Gasteiger partial charge in [-0.2, -0.15) is 0 Å². The summed E-state index contributed by atoms with van der Waals surface area (Å²) in [6, 6.07) is 19.1. The van der Waals surface area contributed by atoms with Crippen molar-refractivity contribution in [2.45, 2.75) is 25.9 Å². The summed E-state index contributed by atoms with van der Waals surface area (Å²) in [6.45, 7) is 4.24. The highest BCUT2D eigenvalue weighted by atomic mass is 32.1. The first kappa shape index (κ1) is 16.2. The van der Waals surface area contributed by atoms with E-state index in [4.69, 9.17) is 12.2 Å². The standard InChI is InChI=1S/C20H19N3S2/c1-13-6-9-15(10-7-13)23-19(17-11-8-14(2)25-17)18(22-20(23)24)16-5-3-4-12-21-16/h3-12,18-19H,1-2H3,(H,22,24)/t18-,19+/m1/s1. The number of aromatic nitrogens is 1. The predicted molar refractivity (Wildman–Crippen MR) is 108 cm³/mol. The Morgan fingerprint density at radius 3 is 2.48 bits per heavy atom. The van der Waals surface area contributed by atoms with E-state index in [-0.39, 0.29) is 12.1 Å². The van der Waals surface area contributed by atoms with Crippen LogP contribution in [0, 0.1) is 13.8 Å². The number of aryl methyl sites for hydroxylation is 2. The van der Waals surface area contributed by atoms with Gasteiger partial charge in [0.05, 0.1) is 17.8 Å². The van der Waals surface area contributed by atoms with Gasteiger partial charge >= 0.3 is 0 Å². The molecule has 3 heterocycles. The second kappa shape index (κ2) is 6.58. The average Bonchev–Trinajstić information content (AvgIpc) is 3.20. The van der Waals surface area contributed by atoms with Crippen LogP contribution in [0.4, 0.5) is 5.69 Å². The number of nitrogens with zero attached hydrogens (tertiary/aromatic N) is 2. The first-order valence-electron chi connectivity index (χ1n) is 8.27. The molecule has 2 aromatic heterocycles. The van der Waals surface area contributed by atoms with Crippen LogP contribution in [-0.2, 0) is 0 Å². The summed E-state index contributed by atoms with van der Waals surface area (Å²) in [5, 5.41) is 4.24. The second-order valence-electron chi connectivity index (χ2n) is 6.28. The number of hydrogen-bond acceptors (Lipinski definition) is 3. The van der Waals surface area contributed by atoms with Crippen LogP contribution in [0.1, 0.15) is 33.1 Å². The smallest absolute Gasteiger partial charge is 0.174 e. The Morgan fingerprint density at radius 2 is 1.84 bits per heavy atom. The molecule has 1 aliphatic rings. The van der Waals surface area contributed by atoms with Crippen molar-refractivity contribution in [1.29, 1.82) is 0 Å². The van der Waals surface area contributed by atoms with Crippen LogP contribution in [0.3, 0.4) is 0 Å². The molecular weight excluding hydrogens is 346 g/mol. The van der Waals surface area contributed by atoms with Gasteiger partial charge in [-0.1, -0.05) is 23.8 Å². The quantitative estimate of drug-likeness (QED) is 0.666. The van der Waals surface area contributed by atoms with Crippen molar-refractivity contribution in [3.63, 3.8) is 0 Å². The van der Waals surface area contributed by atoms with Gasteiger partial charge in [-0.25, -0.2) is 0 Å². The molecule has 0 bridgehead atoms. The molecule has 0 unspecified atom stereocenters. The third-order valence-corrected chi connectivity index (χ3v) is 5.85. The fourth-order valence-electron chi connectivity index (χ4n) is 3.24. The van der Waals surface area contributed by atoms with Gasteiger partial charge in [-0.3, -0.25) is 4.98 Å². The highest BCUT2D eigenvalue weighted by molar-refractivity contribution is 7.80. The van der Waals surface area contributed by atoms with E-state index in [9.17, 15) is 0 Å². The van der Waals surface area contributed by atoms with E-state index in [2.05, 4.69) is 71.5 Å². The highest BCUT2D eigenvalue weighted by Crippen LogP contribution is 2.43. The van der Waals surface area contributed by atoms with Crippen LogP contribution in [0.5, 0.6) is 0 Å². The van der Waals surface area contributed by atoms with Crippen molar-refractivity contribution < 1.29 is 0 Å². The van der Waals surface area contributed by atoms with E-state index in [1.807, 2.05) is 29.7 Å². The van der Waals surface area contributed by atoms with Gasteiger partial charge < -0.3 is 10.2 Å². The lowest BCUT2D eigenvalue weighted by atomic mass is 10.0. The number of anilines is 1. The summed E-state index contributed by atoms with van der Waals surface area (Å²) in [5.41, 5.74) is 3.36. The first-order chi connectivity index (χ1) is 12.1. The van der Waals surface area contributed by atoms with Crippen molar-refractivity contribution in [3.8, 4) is 0 Å². The van der Waals surface area contributed by atoms with E-state index in [0.717, 1.165) is 16.5 Å². The summed E-state index contributed by atoms with van der Waals surface area (Å²) in [5.74, 6) is 0. The molecule has 0 saturated carbocycles. The third-order valence-electron chi connectivity index (χ3n) is 4.46. The molecule has 2 atom stereocenters. The summed E-state index contributed by atoms with van der Waals surface area (Å²) in [7, 11) is 0. The average molecular weight is 366 g/mol. The molecule has 0 spiro atoms. The van der Waals surface area contributed by atoms with E-state index in [1.165, 1.54) is 15.3 Å². The molecule has 126 valence electrons. The number of nitrogens with one attached hydrogen (secondary N) is 1. The van der Waals surface area contributed by atoms with Gasteiger partial charge in [-0.05, 0) is 62.5 Å². The van der Waals surface area contributed by atoms with Crippen LogP contribution in [0.2, 0.25) is 0 Å². The Hall–Kier alpha value is -2.24. The lowest BCUT2D eigenvalue weighted by Crippen LogP contribution is -2.29. The van der Waals surface area contributed by atoms with Crippen molar-refractivity contribution >= 4 is 34.4 Å². The maximum atomic E-state index is 5.71. The molecular formula is C20H19N3S2. The zero-order chi connectivity index (χ0) is 17.4. The molecule has 1 aliphatic heterocycles. The number of benzene rings is 1. The first-order valence-corrected chi connectivity index (χ1v) is 9.49. The Bertz CT molecular complexity index is 887. The summed E-state index contributed by atoms with van der Waals surface area (Å²) in [6.07, 6.45) is 1.84. The minimum Gasteiger partial charge on any atom is -0.351 e. The van der Waals surface area contributed by atoms with Gasteiger partial charge in [0.25, 0.3) is 0 Å². The lowest BCUT2D eigenvalue weighted by Gasteiger charge is -2.27. The van der Waals surface area contributed by atoms with Gasteiger partial charge in [0.15, 0.2) is 5.11 Å². The van der Waals surface area contributed by atoms with Crippen LogP contribution in [0.25, 0.3) is 0 Å². The molecule has 0 amide bonds. The van der Waals surface area contributed by atoms with E-state index >= 15 is 0 Å². The minimum atomic E-state index is 0.0352. The fourth-order valence-corrected chi connectivity index (χ4v) is 4.59. The van der Waals surface area contributed by atoms with Gasteiger partial charge in [-0.15, -0.1) is 11.3 Å².